The van der Waals surface area contributed by atoms with Crippen molar-refractivity contribution in [1.29, 1.82) is 0 Å². The Morgan fingerprint density at radius 3 is 2.75 bits per heavy atom. The first-order valence-electron chi connectivity index (χ1n) is 2.20. The molecule has 0 spiro atoms. The molecular formula is C6H5FS. The molecule has 0 amide bonds. The normalized spacial score (nSPS) is 9.12. The molecule has 1 aromatic heterocycles. The Morgan fingerprint density at radius 2 is 2.50 bits per heavy atom. The van der Waals surface area contributed by atoms with Gasteiger partial charge in [0.05, 0.1) is 4.88 Å². The monoisotopic (exact) mass is 128 g/mol. The van der Waals surface area contributed by atoms with Crippen molar-refractivity contribution in [3.63, 3.8) is 0 Å². The molecule has 0 radical (unpaired) electrons. The fourth-order valence-electron chi connectivity index (χ4n) is 0.451. The fraction of sp³-hybridized carbons (Fsp3) is 0. The zero-order chi connectivity index (χ0) is 5.98. The van der Waals surface area contributed by atoms with Gasteiger partial charge in [-0.3, -0.25) is 0 Å². The van der Waals surface area contributed by atoms with E-state index in [2.05, 4.69) is 6.58 Å². The molecule has 0 bridgehead atoms. The van der Waals surface area contributed by atoms with Crippen LogP contribution in [0.15, 0.2) is 18.0 Å². The minimum Gasteiger partial charge on any atom is -0.205 e. The number of hydrogen-bond acceptors (Lipinski definition) is 1. The highest BCUT2D eigenvalue weighted by atomic mass is 32.1. The number of rotatable bonds is 1. The molecule has 8 heavy (non-hydrogen) atoms. The van der Waals surface area contributed by atoms with Crippen LogP contribution in [0.4, 0.5) is 4.39 Å². The van der Waals surface area contributed by atoms with Crippen LogP contribution in [0.5, 0.6) is 0 Å². The standard InChI is InChI=1S/C6H5FS/c1-2-6-5(7)3-4-8-6/h2-4H,1H2. The molecular weight excluding hydrogens is 123 g/mol. The van der Waals surface area contributed by atoms with Crippen molar-refractivity contribution < 1.29 is 4.39 Å². The van der Waals surface area contributed by atoms with E-state index < -0.39 is 0 Å². The van der Waals surface area contributed by atoms with Crippen LogP contribution in [0.3, 0.4) is 0 Å². The molecule has 0 saturated heterocycles. The molecule has 42 valence electrons. The van der Waals surface area contributed by atoms with Gasteiger partial charge < -0.3 is 0 Å². The summed E-state index contributed by atoms with van der Waals surface area (Å²) in [6.07, 6.45) is 1.51. The van der Waals surface area contributed by atoms with E-state index in [0.29, 0.717) is 4.88 Å². The van der Waals surface area contributed by atoms with Gasteiger partial charge in [-0.15, -0.1) is 11.3 Å². The summed E-state index contributed by atoms with van der Waals surface area (Å²) in [7, 11) is 0. The van der Waals surface area contributed by atoms with E-state index in [0.717, 1.165) is 0 Å². The molecule has 0 atom stereocenters. The summed E-state index contributed by atoms with van der Waals surface area (Å²) in [5.74, 6) is -0.176. The smallest absolute Gasteiger partial charge is 0.141 e. The van der Waals surface area contributed by atoms with Gasteiger partial charge in [0.2, 0.25) is 0 Å². The summed E-state index contributed by atoms with van der Waals surface area (Å²) in [5, 5.41) is 1.70. The van der Waals surface area contributed by atoms with Gasteiger partial charge in [0.15, 0.2) is 0 Å². The van der Waals surface area contributed by atoms with Gasteiger partial charge >= 0.3 is 0 Å². The minimum atomic E-state index is -0.176. The van der Waals surface area contributed by atoms with E-state index in [1.54, 1.807) is 5.38 Å². The Balaban J connectivity index is 3.09. The predicted octanol–water partition coefficient (Wildman–Crippen LogP) is 2.53. The van der Waals surface area contributed by atoms with Gasteiger partial charge in [-0.05, 0) is 17.5 Å². The summed E-state index contributed by atoms with van der Waals surface area (Å²) in [4.78, 5) is 0.616. The number of halogens is 1. The Hall–Kier alpha value is -0.630. The van der Waals surface area contributed by atoms with E-state index >= 15 is 0 Å². The number of thiophene rings is 1. The van der Waals surface area contributed by atoms with Crippen molar-refractivity contribution in [3.8, 4) is 0 Å². The topological polar surface area (TPSA) is 0 Å². The van der Waals surface area contributed by atoms with E-state index in [1.165, 1.54) is 23.5 Å². The Labute approximate surface area is 51.3 Å². The molecule has 0 aliphatic heterocycles. The highest BCUT2D eigenvalue weighted by molar-refractivity contribution is 7.10. The summed E-state index contributed by atoms with van der Waals surface area (Å²) >= 11 is 1.36. The molecule has 0 unspecified atom stereocenters. The van der Waals surface area contributed by atoms with Crippen LogP contribution in [0, 0.1) is 5.82 Å². The summed E-state index contributed by atoms with van der Waals surface area (Å²) in [6, 6.07) is 1.43. The van der Waals surface area contributed by atoms with Crippen molar-refractivity contribution in [2.75, 3.05) is 0 Å². The van der Waals surface area contributed by atoms with Crippen LogP contribution >= 0.6 is 11.3 Å². The summed E-state index contributed by atoms with van der Waals surface area (Å²) in [6.45, 7) is 3.43. The van der Waals surface area contributed by atoms with Crippen LogP contribution in [0.2, 0.25) is 0 Å². The van der Waals surface area contributed by atoms with Gasteiger partial charge in [0, 0.05) is 0 Å². The molecule has 1 rings (SSSR count). The zero-order valence-electron chi connectivity index (χ0n) is 4.23. The van der Waals surface area contributed by atoms with Gasteiger partial charge in [0.1, 0.15) is 5.82 Å². The van der Waals surface area contributed by atoms with Gasteiger partial charge in [-0.25, -0.2) is 4.39 Å². The lowest BCUT2D eigenvalue weighted by molar-refractivity contribution is 0.631. The molecule has 0 saturated carbocycles. The molecule has 0 nitrogen and oxygen atoms in total. The third kappa shape index (κ3) is 0.793. The van der Waals surface area contributed by atoms with Crippen molar-refractivity contribution in [2.45, 2.75) is 0 Å². The second-order valence-electron chi connectivity index (χ2n) is 1.34. The second-order valence-corrected chi connectivity index (χ2v) is 2.28. The zero-order valence-corrected chi connectivity index (χ0v) is 5.04. The molecule has 1 heterocycles. The highest BCUT2D eigenvalue weighted by Gasteiger charge is 1.94. The van der Waals surface area contributed by atoms with Gasteiger partial charge in [-0.1, -0.05) is 6.58 Å². The minimum absolute atomic E-state index is 0.176. The van der Waals surface area contributed by atoms with Crippen LogP contribution in [-0.2, 0) is 0 Å². The number of hydrogen-bond donors (Lipinski definition) is 0. The van der Waals surface area contributed by atoms with Crippen molar-refractivity contribution in [3.05, 3.63) is 28.7 Å². The molecule has 0 aliphatic carbocycles. The van der Waals surface area contributed by atoms with E-state index in [1.807, 2.05) is 0 Å². The van der Waals surface area contributed by atoms with Crippen LogP contribution in [-0.4, -0.2) is 0 Å². The second kappa shape index (κ2) is 2.09. The molecule has 2 heteroatoms. The largest absolute Gasteiger partial charge is 0.205 e. The first kappa shape index (κ1) is 5.51. The third-order valence-electron chi connectivity index (χ3n) is 0.830. The van der Waals surface area contributed by atoms with E-state index in [4.69, 9.17) is 0 Å². The lowest BCUT2D eigenvalue weighted by Crippen LogP contribution is -1.64. The van der Waals surface area contributed by atoms with Crippen molar-refractivity contribution in [1.82, 2.24) is 0 Å². The maximum atomic E-state index is 12.3. The highest BCUT2D eigenvalue weighted by Crippen LogP contribution is 2.14. The Kier molecular flexibility index (Phi) is 1.44. The molecule has 0 aromatic carbocycles. The average Bonchev–Trinajstić information content (AvgIpc) is 2.14. The summed E-state index contributed by atoms with van der Waals surface area (Å²) < 4.78 is 12.3. The summed E-state index contributed by atoms with van der Waals surface area (Å²) in [5.41, 5.74) is 0. The lowest BCUT2D eigenvalue weighted by Gasteiger charge is -1.78. The van der Waals surface area contributed by atoms with Crippen molar-refractivity contribution in [2.24, 2.45) is 0 Å². The van der Waals surface area contributed by atoms with Crippen LogP contribution in [0.25, 0.3) is 6.08 Å². The lowest BCUT2D eigenvalue weighted by atomic mass is 10.4. The van der Waals surface area contributed by atoms with E-state index in [-0.39, 0.29) is 5.82 Å². The fourth-order valence-corrected chi connectivity index (χ4v) is 1.06. The third-order valence-corrected chi connectivity index (χ3v) is 1.72. The Morgan fingerprint density at radius 1 is 1.75 bits per heavy atom. The van der Waals surface area contributed by atoms with Crippen LogP contribution in [0.1, 0.15) is 4.88 Å². The maximum Gasteiger partial charge on any atom is 0.141 e. The van der Waals surface area contributed by atoms with Crippen molar-refractivity contribution >= 4 is 17.4 Å². The molecule has 0 fully saturated rings. The quantitative estimate of drug-likeness (QED) is 0.545. The van der Waals surface area contributed by atoms with Gasteiger partial charge in [-0.2, -0.15) is 0 Å². The van der Waals surface area contributed by atoms with E-state index in [9.17, 15) is 4.39 Å². The SMILES string of the molecule is C=Cc1sccc1F. The van der Waals surface area contributed by atoms with Gasteiger partial charge in [0.25, 0.3) is 0 Å². The average molecular weight is 128 g/mol. The first-order valence-corrected chi connectivity index (χ1v) is 3.08. The predicted molar refractivity (Wildman–Crippen MR) is 34.4 cm³/mol. The molecule has 0 aliphatic rings. The van der Waals surface area contributed by atoms with Crippen LogP contribution < -0.4 is 0 Å². The maximum absolute atomic E-state index is 12.3. The molecule has 0 N–H and O–H groups in total. The molecule has 1 aromatic rings. The first-order chi connectivity index (χ1) is 3.84. The Bertz CT molecular complexity index is 190.